The molecule has 0 aliphatic heterocycles. The van der Waals surface area contributed by atoms with Crippen molar-refractivity contribution in [1.82, 2.24) is 4.72 Å². The Labute approximate surface area is 116 Å². The van der Waals surface area contributed by atoms with Crippen LogP contribution in [-0.2, 0) is 21.4 Å². The van der Waals surface area contributed by atoms with Gasteiger partial charge in [-0.1, -0.05) is 0 Å². The van der Waals surface area contributed by atoms with E-state index in [4.69, 9.17) is 9.84 Å². The molecular weight excluding hydrogens is 292 g/mol. The second kappa shape index (κ2) is 7.07. The monoisotopic (exact) mass is 309 g/mol. The number of benzene rings is 1. The van der Waals surface area contributed by atoms with Gasteiger partial charge in [-0.2, -0.15) is 0 Å². The Morgan fingerprint density at radius 1 is 1.40 bits per heavy atom. The Bertz CT molecular complexity index is 563. The van der Waals surface area contributed by atoms with Gasteiger partial charge in [0.1, 0.15) is 10.7 Å². The molecule has 114 valence electrons. The molecule has 20 heavy (non-hydrogen) atoms. The summed E-state index contributed by atoms with van der Waals surface area (Å²) in [6.07, 6.45) is -0.379. The van der Waals surface area contributed by atoms with Crippen LogP contribution in [-0.4, -0.2) is 32.8 Å². The Hall–Kier alpha value is -1.09. The summed E-state index contributed by atoms with van der Waals surface area (Å²) in [5.41, 5.74) is -0.675. The van der Waals surface area contributed by atoms with E-state index in [1.807, 2.05) is 0 Å². The predicted molar refractivity (Wildman–Crippen MR) is 68.6 cm³/mol. The molecule has 5 nitrogen and oxygen atoms in total. The lowest BCUT2D eigenvalue weighted by molar-refractivity contribution is 0.0799. The fourth-order valence-electron chi connectivity index (χ4n) is 1.58. The van der Waals surface area contributed by atoms with E-state index in [2.05, 4.69) is 4.72 Å². The van der Waals surface area contributed by atoms with Gasteiger partial charge in [0, 0.05) is 13.2 Å². The first-order valence-electron chi connectivity index (χ1n) is 6.02. The van der Waals surface area contributed by atoms with Gasteiger partial charge in [-0.05, 0) is 26.0 Å². The topological polar surface area (TPSA) is 75.6 Å². The summed E-state index contributed by atoms with van der Waals surface area (Å²) in [6.45, 7) is 2.88. The van der Waals surface area contributed by atoms with E-state index in [1.165, 1.54) is 0 Å². The van der Waals surface area contributed by atoms with Gasteiger partial charge in [0.25, 0.3) is 0 Å². The molecule has 0 aliphatic carbocycles. The van der Waals surface area contributed by atoms with Crippen molar-refractivity contribution in [2.45, 2.75) is 31.5 Å². The molecule has 0 heterocycles. The van der Waals surface area contributed by atoms with Crippen molar-refractivity contribution in [1.29, 1.82) is 0 Å². The summed E-state index contributed by atoms with van der Waals surface area (Å²) in [5, 5.41) is 8.86. The van der Waals surface area contributed by atoms with Crippen molar-refractivity contribution in [3.8, 4) is 0 Å². The zero-order valence-electron chi connectivity index (χ0n) is 11.2. The van der Waals surface area contributed by atoms with Crippen LogP contribution in [0.3, 0.4) is 0 Å². The molecule has 0 saturated carbocycles. The first-order chi connectivity index (χ1) is 9.33. The summed E-state index contributed by atoms with van der Waals surface area (Å²) >= 11 is 0. The molecule has 0 aromatic heterocycles. The van der Waals surface area contributed by atoms with Gasteiger partial charge in [0.2, 0.25) is 10.0 Å². The first kappa shape index (κ1) is 17.0. The number of ether oxygens (including phenoxy) is 1. The van der Waals surface area contributed by atoms with Gasteiger partial charge in [-0.15, -0.1) is 0 Å². The largest absolute Gasteiger partial charge is 0.391 e. The highest BCUT2D eigenvalue weighted by Crippen LogP contribution is 2.21. The lowest BCUT2D eigenvalue weighted by atomic mass is 10.2. The van der Waals surface area contributed by atoms with E-state index in [9.17, 15) is 17.2 Å². The number of aliphatic hydroxyl groups is 1. The van der Waals surface area contributed by atoms with Crippen molar-refractivity contribution >= 4 is 10.0 Å². The number of sulfonamides is 1. The number of aliphatic hydroxyl groups excluding tert-OH is 1. The Kier molecular flexibility index (Phi) is 6.00. The first-order valence-corrected chi connectivity index (χ1v) is 7.50. The number of hydrogen-bond acceptors (Lipinski definition) is 4. The molecule has 1 unspecified atom stereocenters. The normalized spacial score (nSPS) is 13.4. The second-order valence-corrected chi connectivity index (χ2v) is 5.85. The molecule has 0 amide bonds. The van der Waals surface area contributed by atoms with E-state index in [-0.39, 0.29) is 12.6 Å². The van der Waals surface area contributed by atoms with Crippen LogP contribution in [0.25, 0.3) is 0 Å². The molecule has 0 radical (unpaired) electrons. The van der Waals surface area contributed by atoms with Gasteiger partial charge in [-0.3, -0.25) is 0 Å². The van der Waals surface area contributed by atoms with Crippen molar-refractivity contribution in [3.63, 3.8) is 0 Å². The maximum Gasteiger partial charge on any atom is 0.243 e. The van der Waals surface area contributed by atoms with E-state index in [0.717, 1.165) is 12.1 Å². The van der Waals surface area contributed by atoms with Gasteiger partial charge in [-0.25, -0.2) is 21.9 Å². The fourth-order valence-corrected chi connectivity index (χ4v) is 2.79. The molecule has 1 rings (SSSR count). The maximum absolute atomic E-state index is 13.9. The zero-order valence-corrected chi connectivity index (χ0v) is 12.0. The lowest BCUT2D eigenvalue weighted by Crippen LogP contribution is -2.32. The summed E-state index contributed by atoms with van der Waals surface area (Å²) in [4.78, 5) is -0.702. The highest BCUT2D eigenvalue weighted by Gasteiger charge is 2.23. The standard InChI is InChI=1S/C12H17F2NO4S/c1-3-19-8(2)6-15-20(17,18)11-5-4-10(13)9(7-16)12(11)14/h4-5,8,15-16H,3,6-7H2,1-2H3. The Morgan fingerprint density at radius 3 is 2.60 bits per heavy atom. The molecule has 2 N–H and O–H groups in total. The molecule has 1 aromatic carbocycles. The third-order valence-electron chi connectivity index (χ3n) is 2.61. The van der Waals surface area contributed by atoms with Crippen molar-refractivity contribution < 1.29 is 27.0 Å². The second-order valence-electron chi connectivity index (χ2n) is 4.11. The number of rotatable bonds is 7. The molecular formula is C12H17F2NO4S. The third kappa shape index (κ3) is 3.95. The molecule has 0 bridgehead atoms. The zero-order chi connectivity index (χ0) is 15.3. The molecule has 1 atom stereocenters. The highest BCUT2D eigenvalue weighted by atomic mass is 32.2. The summed E-state index contributed by atoms with van der Waals surface area (Å²) in [6, 6.07) is 1.62. The van der Waals surface area contributed by atoms with Gasteiger partial charge >= 0.3 is 0 Å². The number of nitrogens with one attached hydrogen (secondary N) is 1. The fraction of sp³-hybridized carbons (Fsp3) is 0.500. The molecule has 0 saturated heterocycles. The van der Waals surface area contributed by atoms with E-state index in [1.54, 1.807) is 13.8 Å². The van der Waals surface area contributed by atoms with Crippen LogP contribution in [0.1, 0.15) is 19.4 Å². The number of halogens is 2. The van der Waals surface area contributed by atoms with Crippen molar-refractivity contribution in [2.75, 3.05) is 13.2 Å². The predicted octanol–water partition coefficient (Wildman–Crippen LogP) is 1.16. The van der Waals surface area contributed by atoms with Gasteiger partial charge in [0.15, 0.2) is 5.82 Å². The minimum atomic E-state index is -4.14. The quantitative estimate of drug-likeness (QED) is 0.792. The van der Waals surface area contributed by atoms with E-state index in [0.29, 0.717) is 6.61 Å². The van der Waals surface area contributed by atoms with Crippen LogP contribution < -0.4 is 4.72 Å². The molecule has 1 aromatic rings. The highest BCUT2D eigenvalue weighted by molar-refractivity contribution is 7.89. The number of hydrogen-bond donors (Lipinski definition) is 2. The van der Waals surface area contributed by atoms with Crippen molar-refractivity contribution in [3.05, 3.63) is 29.3 Å². The van der Waals surface area contributed by atoms with E-state index < -0.39 is 38.7 Å². The minimum absolute atomic E-state index is 0.0402. The van der Waals surface area contributed by atoms with Crippen LogP contribution >= 0.6 is 0 Å². The summed E-state index contributed by atoms with van der Waals surface area (Å²) in [5.74, 6) is -2.28. The maximum atomic E-state index is 13.9. The van der Waals surface area contributed by atoms with Crippen molar-refractivity contribution in [2.24, 2.45) is 0 Å². The minimum Gasteiger partial charge on any atom is -0.391 e. The van der Waals surface area contributed by atoms with Crippen LogP contribution in [0.15, 0.2) is 17.0 Å². The Morgan fingerprint density at radius 2 is 2.05 bits per heavy atom. The lowest BCUT2D eigenvalue weighted by Gasteiger charge is -2.14. The van der Waals surface area contributed by atoms with E-state index >= 15 is 0 Å². The molecule has 0 aliphatic rings. The third-order valence-corrected chi connectivity index (χ3v) is 4.05. The van der Waals surface area contributed by atoms with Crippen LogP contribution in [0.4, 0.5) is 8.78 Å². The van der Waals surface area contributed by atoms with Gasteiger partial charge in [0.05, 0.1) is 18.3 Å². The van der Waals surface area contributed by atoms with Gasteiger partial charge < -0.3 is 9.84 Å². The molecule has 8 heteroatoms. The summed E-state index contributed by atoms with van der Waals surface area (Å²) in [7, 11) is -4.14. The van der Waals surface area contributed by atoms with Crippen LogP contribution in [0.5, 0.6) is 0 Å². The Balaban J connectivity index is 2.99. The smallest absolute Gasteiger partial charge is 0.243 e. The average Bonchev–Trinajstić information content (AvgIpc) is 2.37. The van der Waals surface area contributed by atoms with Crippen LogP contribution in [0.2, 0.25) is 0 Å². The average molecular weight is 309 g/mol. The molecule has 0 spiro atoms. The SMILES string of the molecule is CCOC(C)CNS(=O)(=O)c1ccc(F)c(CO)c1F. The van der Waals surface area contributed by atoms with Crippen LogP contribution in [0, 0.1) is 11.6 Å². The molecule has 0 fully saturated rings. The summed E-state index contributed by atoms with van der Waals surface area (Å²) < 4.78 is 58.2.